The maximum absolute atomic E-state index is 13.6. The van der Waals surface area contributed by atoms with Crippen LogP contribution in [0, 0.1) is 23.3 Å². The Morgan fingerprint density at radius 1 is 0.447 bits per heavy atom. The molecule has 3 N–H and O–H groups in total. The number of aryl methyl sites for hydroxylation is 4. The zero-order valence-corrected chi connectivity index (χ0v) is 53.9. The Labute approximate surface area is 553 Å². The van der Waals surface area contributed by atoms with E-state index in [-0.39, 0.29) is 29.2 Å². The van der Waals surface area contributed by atoms with E-state index in [1.54, 1.807) is 123 Å². The lowest BCUT2D eigenvalue weighted by Gasteiger charge is -2.08. The van der Waals surface area contributed by atoms with Gasteiger partial charge in [-0.2, -0.15) is 25.5 Å². The predicted octanol–water partition coefficient (Wildman–Crippen LogP) is 13.0. The van der Waals surface area contributed by atoms with Gasteiger partial charge in [-0.3, -0.25) is 43.5 Å². The van der Waals surface area contributed by atoms with Crippen LogP contribution in [0.4, 0.5) is 23.4 Å². The molecule has 0 atom stereocenters. The number of carbonyl (C=O) groups excluding carboxylic acids is 1. The van der Waals surface area contributed by atoms with E-state index < -0.39 is 7.12 Å². The van der Waals surface area contributed by atoms with Crippen molar-refractivity contribution >= 4 is 61.8 Å². The lowest BCUT2D eigenvalue weighted by molar-refractivity contribution is -0.114. The summed E-state index contributed by atoms with van der Waals surface area (Å²) >= 11 is 6.95. The van der Waals surface area contributed by atoms with Gasteiger partial charge in [0.2, 0.25) is 5.91 Å². The second-order valence-corrected chi connectivity index (χ2v) is 22.2. The summed E-state index contributed by atoms with van der Waals surface area (Å²) < 4.78 is 62.7. The fraction of sp³-hybridized carbons (Fsp3) is 0.0735. The number of carbonyl (C=O) groups is 1. The zero-order valence-electron chi connectivity index (χ0n) is 50.7. The highest BCUT2D eigenvalue weighted by atomic mass is 79.9. The lowest BCUT2D eigenvalue weighted by Crippen LogP contribution is -2.29. The van der Waals surface area contributed by atoms with Gasteiger partial charge in [-0.05, 0) is 207 Å². The smallest absolute Gasteiger partial charge is 0.423 e. The van der Waals surface area contributed by atoms with Gasteiger partial charge in [-0.25, -0.2) is 27.1 Å². The molecule has 1 amide bonds. The van der Waals surface area contributed by atoms with Gasteiger partial charge in [-0.15, -0.1) is 0 Å². The van der Waals surface area contributed by atoms with E-state index in [9.17, 15) is 22.4 Å². The van der Waals surface area contributed by atoms with Crippen molar-refractivity contribution in [2.45, 2.75) is 6.92 Å². The maximum Gasteiger partial charge on any atom is 0.488 e. The molecule has 0 radical (unpaired) electrons. The summed E-state index contributed by atoms with van der Waals surface area (Å²) in [6.45, 7) is 1.43. The summed E-state index contributed by atoms with van der Waals surface area (Å²) in [5.41, 5.74) is 14.9. The number of rotatable bonds is 10. The van der Waals surface area contributed by atoms with Crippen LogP contribution in [-0.2, 0) is 33.0 Å². The number of nitrogens with zero attached hydrogens (tertiary/aromatic N) is 15. The number of nitrogens with one attached hydrogen (secondary N) is 1. The number of hydrogen-bond acceptors (Lipinski definition) is 13. The molecule has 10 heterocycles. The average molecular weight is 1390 g/mol. The number of imidazole rings is 1. The molecule has 0 aliphatic rings. The van der Waals surface area contributed by atoms with E-state index in [0.717, 1.165) is 87.7 Å². The predicted molar refractivity (Wildman–Crippen MR) is 360 cm³/mol. The molecule has 14 rings (SSSR count). The summed E-state index contributed by atoms with van der Waals surface area (Å²) in [6, 6.07) is 47.3. The molecule has 94 heavy (non-hydrogen) atoms. The van der Waals surface area contributed by atoms with Crippen LogP contribution >= 0.6 is 31.9 Å². The van der Waals surface area contributed by atoms with Crippen molar-refractivity contribution in [3.05, 3.63) is 258 Å². The fourth-order valence-corrected chi connectivity index (χ4v) is 10.6. The van der Waals surface area contributed by atoms with Crippen molar-refractivity contribution < 1.29 is 32.4 Å². The summed E-state index contributed by atoms with van der Waals surface area (Å²) in [6.07, 6.45) is 15.1. The summed E-state index contributed by atoms with van der Waals surface area (Å²) in [4.78, 5) is 31.6. The molecule has 10 aromatic heterocycles. The highest BCUT2D eigenvalue weighted by Gasteiger charge is 2.23. The molecule has 26 heteroatoms. The van der Waals surface area contributed by atoms with Crippen molar-refractivity contribution in [2.75, 3.05) is 5.32 Å². The van der Waals surface area contributed by atoms with Gasteiger partial charge in [0.25, 0.3) is 0 Å². The molecule has 14 aromatic rings. The quantitative estimate of drug-likeness (QED) is 0.0857. The third-order valence-corrected chi connectivity index (χ3v) is 15.5. The lowest BCUT2D eigenvalue weighted by atomic mass is 9.81. The van der Waals surface area contributed by atoms with Crippen LogP contribution in [-0.4, -0.2) is 96.7 Å². The molecule has 0 fully saturated rings. The fourth-order valence-electron chi connectivity index (χ4n) is 9.55. The topological polar surface area (TPSA) is 223 Å². The summed E-state index contributed by atoms with van der Waals surface area (Å²) in [5, 5.41) is 42.5. The Morgan fingerprint density at radius 2 is 0.872 bits per heavy atom. The van der Waals surface area contributed by atoms with Gasteiger partial charge in [0.05, 0.1) is 50.4 Å². The number of benzene rings is 4. The van der Waals surface area contributed by atoms with Crippen LogP contribution in [0.25, 0.3) is 95.7 Å². The van der Waals surface area contributed by atoms with E-state index in [2.05, 4.69) is 77.4 Å². The number of amides is 1. The Hall–Kier alpha value is -10.9. The van der Waals surface area contributed by atoms with Gasteiger partial charge >= 0.3 is 7.12 Å². The van der Waals surface area contributed by atoms with Gasteiger partial charge < -0.3 is 15.4 Å². The molecule has 0 bridgehead atoms. The third-order valence-electron chi connectivity index (χ3n) is 14.0. The Bertz CT molecular complexity index is 4790. The first-order valence-electron chi connectivity index (χ1n) is 28.6. The molecule has 0 aliphatic carbocycles. The highest BCUT2D eigenvalue weighted by molar-refractivity contribution is 9.11. The molecule has 0 saturated carbocycles. The van der Waals surface area contributed by atoms with Gasteiger partial charge in [-0.1, -0.05) is 0 Å². The molecular formula is C68H55BBr2F4N16O3. The number of pyridine rings is 4. The molecule has 470 valence electrons. The number of anilines is 1. The van der Waals surface area contributed by atoms with Crippen LogP contribution in [0.15, 0.2) is 235 Å². The molecule has 4 aromatic carbocycles. The van der Waals surface area contributed by atoms with Crippen LogP contribution in [0.5, 0.6) is 0 Å². The number of aromatic nitrogens is 15. The van der Waals surface area contributed by atoms with Gasteiger partial charge in [0, 0.05) is 124 Å². The minimum Gasteiger partial charge on any atom is -0.423 e. The molecular weight excluding hydrogens is 1340 g/mol. The SMILES string of the molecule is CC(=O)Nc1cn2nc(-c3c(-c4ccc(F)cc4)nn(C)c3-c3ccncc3)ccc2n1.Cn1nc(-c2ccc(F)cc2)c(Br)c1-c1ccncc1.Cn1nc(-c2ccc(F)cc2)cc1-c1ccncc1.Cn1nc(-c2ccc(F)cc2)cc1Br.OB(O)c1ccncc1. The van der Waals surface area contributed by atoms with Crippen molar-refractivity contribution in [3.63, 3.8) is 0 Å². The van der Waals surface area contributed by atoms with E-state index in [1.165, 1.54) is 67.8 Å². The molecule has 19 nitrogen and oxygen atoms in total. The van der Waals surface area contributed by atoms with Crippen LogP contribution in [0.3, 0.4) is 0 Å². The Kier molecular flexibility index (Phi) is 21.4. The highest BCUT2D eigenvalue weighted by Crippen LogP contribution is 2.40. The number of fused-ring (bicyclic) bond motifs is 1. The summed E-state index contributed by atoms with van der Waals surface area (Å²) in [7, 11) is 6.10. The minimum absolute atomic E-state index is 0.209. The van der Waals surface area contributed by atoms with E-state index in [4.69, 9.17) is 20.2 Å². The second-order valence-electron chi connectivity index (χ2n) is 20.6. The Balaban J connectivity index is 0.000000136. The van der Waals surface area contributed by atoms with Gasteiger partial charge in [0.1, 0.15) is 39.3 Å². The Morgan fingerprint density at radius 3 is 1.34 bits per heavy atom. The van der Waals surface area contributed by atoms with E-state index in [0.29, 0.717) is 28.3 Å². The minimum atomic E-state index is -1.38. The normalized spacial score (nSPS) is 10.6. The van der Waals surface area contributed by atoms with Crippen molar-refractivity contribution in [1.29, 1.82) is 0 Å². The third kappa shape index (κ3) is 16.4. The second kappa shape index (κ2) is 30.5. The average Bonchev–Trinajstić information content (AvgIpc) is 1.60. The zero-order chi connectivity index (χ0) is 66.4. The molecule has 0 saturated heterocycles. The first kappa shape index (κ1) is 66.0. The molecule has 0 aliphatic heterocycles. The van der Waals surface area contributed by atoms with Crippen LogP contribution < -0.4 is 10.8 Å². The van der Waals surface area contributed by atoms with Crippen molar-refractivity contribution in [1.82, 2.24) is 73.7 Å². The first-order valence-corrected chi connectivity index (χ1v) is 30.1. The molecule has 0 spiro atoms. The number of halogens is 6. The largest absolute Gasteiger partial charge is 0.488 e. The van der Waals surface area contributed by atoms with Crippen LogP contribution in [0.1, 0.15) is 6.92 Å². The monoisotopic (exact) mass is 1390 g/mol. The first-order chi connectivity index (χ1) is 45.4. The maximum atomic E-state index is 13.6. The molecule has 0 unspecified atom stereocenters. The van der Waals surface area contributed by atoms with Gasteiger partial charge in [0.15, 0.2) is 11.5 Å². The summed E-state index contributed by atoms with van der Waals surface area (Å²) in [5.74, 6) is -0.835. The van der Waals surface area contributed by atoms with Crippen molar-refractivity contribution in [2.24, 2.45) is 28.2 Å². The van der Waals surface area contributed by atoms with E-state index in [1.807, 2.05) is 93.5 Å². The van der Waals surface area contributed by atoms with E-state index >= 15 is 0 Å². The standard InChI is InChI=1S/C23H18FN7O.C15H11BrFN3.C15H12FN3.C10H8BrFN2.C5H6BNO2/c1-14(32)26-19-13-31-20(27-19)8-7-18(28-31)21-22(15-3-5-17(24)6-4-15)29-30(2)23(21)16-9-11-25-12-10-16;1-20-15(11-6-8-18-9-7-11)13(16)14(19-20)10-2-4-12(17)5-3-10;1-19-15(12-6-8-17-9-7-12)10-14(18-19)11-2-4-13(16)5-3-11;1-14-10(11)6-9(13-14)7-2-4-8(12)5-3-7;8-6(9)5-1-3-7-4-2-5/h3-13H,1-2H3,(H,26,32);2-9H,1H3;2-10H,1H3;2-6H,1H3;1-4,8-9H. The van der Waals surface area contributed by atoms with Crippen molar-refractivity contribution in [3.8, 4) is 90.1 Å². The number of hydrogen-bond donors (Lipinski definition) is 3. The van der Waals surface area contributed by atoms with Crippen LogP contribution in [0.2, 0.25) is 0 Å².